The van der Waals surface area contributed by atoms with Crippen LogP contribution in [0.25, 0.3) is 74.3 Å². The van der Waals surface area contributed by atoms with Gasteiger partial charge in [-0.25, -0.2) is 0 Å². The molecule has 0 unspecified atom stereocenters. The third kappa shape index (κ3) is 1.94. The van der Waals surface area contributed by atoms with Gasteiger partial charge in [-0.05, 0) is 22.2 Å². The smallest absolute Gasteiger partial charge is 0.0552 e. The number of benzene rings is 6. The van der Waals surface area contributed by atoms with Gasteiger partial charge in [-0.3, -0.25) is 0 Å². The number of aromatic nitrogens is 1. The van der Waals surface area contributed by atoms with Crippen LogP contribution in [0.5, 0.6) is 0 Å². The average Bonchev–Trinajstić information content (AvgIpc) is 3.44. The van der Waals surface area contributed by atoms with Gasteiger partial charge < -0.3 is 4.98 Å². The van der Waals surface area contributed by atoms with Gasteiger partial charge in [0.2, 0.25) is 0 Å². The topological polar surface area (TPSA) is 15.8 Å². The highest BCUT2D eigenvalue weighted by Crippen LogP contribution is 2.48. The van der Waals surface area contributed by atoms with Gasteiger partial charge in [0.25, 0.3) is 0 Å². The number of aromatic amines is 1. The van der Waals surface area contributed by atoms with Gasteiger partial charge in [-0.1, -0.05) is 91.0 Å². The van der Waals surface area contributed by atoms with E-state index in [9.17, 15) is 0 Å². The Balaban J connectivity index is 1.83. The number of hydrogen-bond acceptors (Lipinski definition) is 1. The van der Waals surface area contributed by atoms with Crippen LogP contribution in [0.3, 0.4) is 0 Å². The van der Waals surface area contributed by atoms with Crippen LogP contribution >= 0.6 is 11.3 Å². The molecule has 0 saturated heterocycles. The minimum absolute atomic E-state index is 1.24. The summed E-state index contributed by atoms with van der Waals surface area (Å²) in [7, 11) is 0. The Labute approximate surface area is 187 Å². The molecule has 0 amide bonds. The standard InChI is InChI=1S/C30H17NS/c1-3-11-19-17(9-1)18-10-2-4-12-20(18)28-25(19)27-26-23-15-7-8-16-24(23)32-30(26)22-14-6-5-13-21(22)29(27)31-28/h1-16,31H. The lowest BCUT2D eigenvalue weighted by atomic mass is 9.94. The quantitative estimate of drug-likeness (QED) is 0.234. The van der Waals surface area contributed by atoms with E-state index in [2.05, 4.69) is 102 Å². The van der Waals surface area contributed by atoms with Crippen molar-refractivity contribution in [3.05, 3.63) is 97.1 Å². The summed E-state index contributed by atoms with van der Waals surface area (Å²) in [5, 5.41) is 13.3. The van der Waals surface area contributed by atoms with Crippen molar-refractivity contribution in [2.75, 3.05) is 0 Å². The summed E-state index contributed by atoms with van der Waals surface area (Å²) in [6.07, 6.45) is 0. The second-order valence-electron chi connectivity index (χ2n) is 8.56. The van der Waals surface area contributed by atoms with E-state index >= 15 is 0 Å². The van der Waals surface area contributed by atoms with E-state index in [-0.39, 0.29) is 0 Å². The van der Waals surface area contributed by atoms with Crippen molar-refractivity contribution < 1.29 is 0 Å². The largest absolute Gasteiger partial charge is 0.353 e. The summed E-state index contributed by atoms with van der Waals surface area (Å²) >= 11 is 1.91. The minimum Gasteiger partial charge on any atom is -0.353 e. The Kier molecular flexibility index (Phi) is 3.08. The molecule has 0 fully saturated rings. The third-order valence-electron chi connectivity index (χ3n) is 6.97. The van der Waals surface area contributed by atoms with Crippen molar-refractivity contribution in [3.63, 3.8) is 0 Å². The lowest BCUT2D eigenvalue weighted by Crippen LogP contribution is -1.81. The first-order chi connectivity index (χ1) is 15.9. The van der Waals surface area contributed by atoms with Crippen LogP contribution in [-0.2, 0) is 0 Å². The van der Waals surface area contributed by atoms with E-state index in [1.807, 2.05) is 11.3 Å². The highest BCUT2D eigenvalue weighted by atomic mass is 32.1. The first kappa shape index (κ1) is 16.8. The van der Waals surface area contributed by atoms with Crippen LogP contribution < -0.4 is 0 Å². The molecule has 0 spiro atoms. The predicted octanol–water partition coefficient (Wildman–Crippen LogP) is 9.15. The van der Waals surface area contributed by atoms with Crippen molar-refractivity contribution in [1.82, 2.24) is 4.98 Å². The summed E-state index contributed by atoms with van der Waals surface area (Å²) < 4.78 is 2.73. The normalized spacial score (nSPS) is 12.4. The van der Waals surface area contributed by atoms with Crippen molar-refractivity contribution in [2.45, 2.75) is 0 Å². The lowest BCUT2D eigenvalue weighted by molar-refractivity contribution is 1.59. The van der Waals surface area contributed by atoms with Crippen LogP contribution in [0.2, 0.25) is 0 Å². The molecule has 0 aliphatic heterocycles. The van der Waals surface area contributed by atoms with E-state index in [0.717, 1.165) is 0 Å². The second kappa shape index (κ2) is 5.87. The highest BCUT2D eigenvalue weighted by Gasteiger charge is 2.20. The van der Waals surface area contributed by atoms with Crippen molar-refractivity contribution >= 4 is 85.6 Å². The summed E-state index contributed by atoms with van der Waals surface area (Å²) in [6.45, 7) is 0. The zero-order chi connectivity index (χ0) is 20.8. The van der Waals surface area contributed by atoms with Gasteiger partial charge in [-0.2, -0.15) is 0 Å². The molecule has 0 radical (unpaired) electrons. The summed E-state index contributed by atoms with van der Waals surface area (Å²) in [5.74, 6) is 0. The van der Waals surface area contributed by atoms with E-state index in [4.69, 9.17) is 0 Å². The molecule has 8 aromatic rings. The molecule has 0 aliphatic rings. The molecule has 2 heteroatoms. The van der Waals surface area contributed by atoms with Gasteiger partial charge in [0.1, 0.15) is 0 Å². The van der Waals surface area contributed by atoms with Gasteiger partial charge in [-0.15, -0.1) is 11.3 Å². The average molecular weight is 424 g/mol. The molecular formula is C30H17NS. The van der Waals surface area contributed by atoms with Gasteiger partial charge in [0.15, 0.2) is 0 Å². The molecule has 2 heterocycles. The van der Waals surface area contributed by atoms with Gasteiger partial charge >= 0.3 is 0 Å². The summed E-state index contributed by atoms with van der Waals surface area (Å²) in [5.41, 5.74) is 2.48. The maximum atomic E-state index is 3.91. The molecule has 8 rings (SSSR count). The van der Waals surface area contributed by atoms with Crippen LogP contribution in [0.1, 0.15) is 0 Å². The number of fused-ring (bicyclic) bond motifs is 15. The Morgan fingerprint density at radius 2 is 0.906 bits per heavy atom. The monoisotopic (exact) mass is 423 g/mol. The predicted molar refractivity (Wildman–Crippen MR) is 141 cm³/mol. The van der Waals surface area contributed by atoms with E-state index in [0.29, 0.717) is 0 Å². The first-order valence-electron chi connectivity index (χ1n) is 11.0. The molecule has 0 bridgehead atoms. The fraction of sp³-hybridized carbons (Fsp3) is 0. The third-order valence-corrected chi connectivity index (χ3v) is 8.17. The Hall–Kier alpha value is -3.88. The molecule has 6 aromatic carbocycles. The fourth-order valence-corrected chi connectivity index (χ4v) is 6.93. The second-order valence-corrected chi connectivity index (χ2v) is 9.62. The summed E-state index contributed by atoms with van der Waals surface area (Å²) in [4.78, 5) is 3.91. The summed E-state index contributed by atoms with van der Waals surface area (Å²) in [6, 6.07) is 35.4. The zero-order valence-corrected chi connectivity index (χ0v) is 18.0. The maximum Gasteiger partial charge on any atom is 0.0552 e. The molecule has 0 saturated carbocycles. The van der Waals surface area contributed by atoms with E-state index in [1.54, 1.807) is 0 Å². The molecule has 1 nitrogen and oxygen atoms in total. The minimum atomic E-state index is 1.24. The zero-order valence-electron chi connectivity index (χ0n) is 17.1. The number of hydrogen-bond donors (Lipinski definition) is 1. The number of nitrogens with one attached hydrogen (secondary N) is 1. The van der Waals surface area contributed by atoms with Crippen LogP contribution in [0.15, 0.2) is 97.1 Å². The number of H-pyrrole nitrogens is 1. The molecule has 1 N–H and O–H groups in total. The van der Waals surface area contributed by atoms with Crippen molar-refractivity contribution in [2.24, 2.45) is 0 Å². The SMILES string of the molecule is c1ccc2c(c1)sc1c3ccccc3c3[nH]c4c5ccccc5c5ccccc5c4c3c21. The van der Waals surface area contributed by atoms with Gasteiger partial charge in [0, 0.05) is 47.1 Å². The maximum absolute atomic E-state index is 3.91. The van der Waals surface area contributed by atoms with Crippen LogP contribution in [0.4, 0.5) is 0 Å². The number of rotatable bonds is 0. The Morgan fingerprint density at radius 1 is 0.406 bits per heavy atom. The number of thiophene rings is 1. The Bertz CT molecular complexity index is 2040. The van der Waals surface area contributed by atoms with E-state index < -0.39 is 0 Å². The first-order valence-corrected chi connectivity index (χ1v) is 11.8. The van der Waals surface area contributed by atoms with Gasteiger partial charge in [0.05, 0.1) is 11.0 Å². The van der Waals surface area contributed by atoms with Crippen LogP contribution in [0, 0.1) is 0 Å². The van der Waals surface area contributed by atoms with Crippen LogP contribution in [-0.4, -0.2) is 4.98 Å². The van der Waals surface area contributed by atoms with Crippen molar-refractivity contribution in [3.8, 4) is 0 Å². The molecule has 148 valence electrons. The highest BCUT2D eigenvalue weighted by molar-refractivity contribution is 7.27. The fourth-order valence-electron chi connectivity index (χ4n) is 5.68. The molecular weight excluding hydrogens is 406 g/mol. The molecule has 2 aromatic heterocycles. The molecule has 0 aliphatic carbocycles. The van der Waals surface area contributed by atoms with Crippen molar-refractivity contribution in [1.29, 1.82) is 0 Å². The Morgan fingerprint density at radius 3 is 1.66 bits per heavy atom. The molecule has 0 atom stereocenters. The molecule has 32 heavy (non-hydrogen) atoms. The van der Waals surface area contributed by atoms with E-state index in [1.165, 1.54) is 74.3 Å². The lowest BCUT2D eigenvalue weighted by Gasteiger charge is -2.08.